The van der Waals surface area contributed by atoms with Gasteiger partial charge in [0.15, 0.2) is 0 Å². The fraction of sp³-hybridized carbons (Fsp3) is 0.222. The highest BCUT2D eigenvalue weighted by atomic mass is 35.5. The Morgan fingerprint density at radius 3 is 2.58 bits per heavy atom. The van der Waals surface area contributed by atoms with E-state index in [-0.39, 0.29) is 5.75 Å². The van der Waals surface area contributed by atoms with Crippen molar-refractivity contribution in [2.45, 2.75) is 18.6 Å². The van der Waals surface area contributed by atoms with Crippen LogP contribution in [0.2, 0.25) is 5.02 Å². The third-order valence-electron chi connectivity index (χ3n) is 3.70. The predicted octanol–water partition coefficient (Wildman–Crippen LogP) is 4.14. The molecule has 0 saturated heterocycles. The summed E-state index contributed by atoms with van der Waals surface area (Å²) in [6.07, 6.45) is 1.35. The highest BCUT2D eigenvalue weighted by molar-refractivity contribution is 7.88. The molecule has 0 atom stereocenters. The molecule has 3 aromatic rings. The molecule has 126 valence electrons. The van der Waals surface area contributed by atoms with Crippen LogP contribution >= 0.6 is 11.6 Å². The summed E-state index contributed by atoms with van der Waals surface area (Å²) in [7, 11) is -3.40. The van der Waals surface area contributed by atoms with Crippen molar-refractivity contribution in [3.8, 4) is 0 Å². The summed E-state index contributed by atoms with van der Waals surface area (Å²) in [5, 5.41) is 1.52. The lowest BCUT2D eigenvalue weighted by Crippen LogP contribution is -2.26. The van der Waals surface area contributed by atoms with Crippen molar-refractivity contribution < 1.29 is 12.8 Å². The first kappa shape index (κ1) is 17.0. The van der Waals surface area contributed by atoms with Gasteiger partial charge in [-0.3, -0.25) is 0 Å². The largest absolute Gasteiger partial charge is 0.461 e. The van der Waals surface area contributed by atoms with E-state index >= 15 is 0 Å². The second kappa shape index (κ2) is 7.38. The van der Waals surface area contributed by atoms with Crippen LogP contribution in [0.25, 0.3) is 11.0 Å². The topological polar surface area (TPSA) is 59.3 Å². The van der Waals surface area contributed by atoms with E-state index in [1.54, 1.807) is 24.3 Å². The lowest BCUT2D eigenvalue weighted by Gasteiger charge is -2.07. The number of hydrogen-bond acceptors (Lipinski definition) is 3. The molecular formula is C18H18ClNO3S. The lowest BCUT2D eigenvalue weighted by molar-refractivity contribution is 0.533. The molecule has 1 aromatic heterocycles. The molecule has 24 heavy (non-hydrogen) atoms. The minimum atomic E-state index is -3.40. The van der Waals surface area contributed by atoms with Crippen molar-refractivity contribution in [3.63, 3.8) is 0 Å². The van der Waals surface area contributed by atoms with Crippen molar-refractivity contribution >= 4 is 32.6 Å². The van der Waals surface area contributed by atoms with E-state index < -0.39 is 10.0 Å². The summed E-state index contributed by atoms with van der Waals surface area (Å²) in [4.78, 5) is 0. The molecule has 4 nitrogen and oxygen atoms in total. The van der Waals surface area contributed by atoms with Crippen molar-refractivity contribution in [1.82, 2.24) is 4.72 Å². The average Bonchev–Trinajstić information content (AvgIpc) is 2.96. The van der Waals surface area contributed by atoms with Gasteiger partial charge in [0, 0.05) is 23.4 Å². The molecule has 0 spiro atoms. The van der Waals surface area contributed by atoms with E-state index in [9.17, 15) is 8.42 Å². The zero-order chi connectivity index (χ0) is 17.0. The zero-order valence-corrected chi connectivity index (χ0v) is 14.6. The zero-order valence-electron chi connectivity index (χ0n) is 13.0. The van der Waals surface area contributed by atoms with Gasteiger partial charge in [-0.25, -0.2) is 13.1 Å². The number of sulfonamides is 1. The maximum Gasteiger partial charge on any atom is 0.215 e. The van der Waals surface area contributed by atoms with E-state index in [0.29, 0.717) is 30.0 Å². The summed E-state index contributed by atoms with van der Waals surface area (Å²) < 4.78 is 32.5. The van der Waals surface area contributed by atoms with E-state index in [1.165, 1.54) is 0 Å². The molecule has 1 heterocycles. The molecule has 3 rings (SSSR count). The van der Waals surface area contributed by atoms with Crippen molar-refractivity contribution in [2.75, 3.05) is 6.54 Å². The number of rotatable bonds is 7. The van der Waals surface area contributed by atoms with Crippen LogP contribution in [-0.4, -0.2) is 15.0 Å². The van der Waals surface area contributed by atoms with Crippen molar-refractivity contribution in [1.29, 1.82) is 0 Å². The van der Waals surface area contributed by atoms with Gasteiger partial charge in [-0.1, -0.05) is 48.0 Å². The Morgan fingerprint density at radius 2 is 1.79 bits per heavy atom. The Morgan fingerprint density at radius 1 is 1.04 bits per heavy atom. The monoisotopic (exact) mass is 363 g/mol. The van der Waals surface area contributed by atoms with Gasteiger partial charge in [-0.2, -0.15) is 0 Å². The number of hydrogen-bond donors (Lipinski definition) is 1. The maximum absolute atomic E-state index is 12.1. The Hall–Kier alpha value is -1.82. The van der Waals surface area contributed by atoms with Gasteiger partial charge in [-0.05, 0) is 30.2 Å². The van der Waals surface area contributed by atoms with E-state index in [1.807, 2.05) is 30.3 Å². The molecule has 2 aromatic carbocycles. The van der Waals surface area contributed by atoms with Gasteiger partial charge in [0.25, 0.3) is 0 Å². The Kier molecular flexibility index (Phi) is 5.23. The highest BCUT2D eigenvalue weighted by Gasteiger charge is 2.13. The number of benzene rings is 2. The fourth-order valence-electron chi connectivity index (χ4n) is 2.52. The fourth-order valence-corrected chi connectivity index (χ4v) is 4.02. The van der Waals surface area contributed by atoms with Crippen LogP contribution in [0.5, 0.6) is 0 Å². The molecule has 1 N–H and O–H groups in total. The van der Waals surface area contributed by atoms with Gasteiger partial charge in [0.1, 0.15) is 11.3 Å². The first-order valence-corrected chi connectivity index (χ1v) is 9.75. The third-order valence-corrected chi connectivity index (χ3v) is 5.41. The summed E-state index contributed by atoms with van der Waals surface area (Å²) >= 11 is 6.01. The van der Waals surface area contributed by atoms with Crippen LogP contribution in [0.15, 0.2) is 59.0 Å². The van der Waals surface area contributed by atoms with Crippen LogP contribution in [-0.2, 0) is 22.2 Å². The van der Waals surface area contributed by atoms with Gasteiger partial charge in [-0.15, -0.1) is 0 Å². The predicted molar refractivity (Wildman–Crippen MR) is 96.6 cm³/mol. The maximum atomic E-state index is 12.1. The van der Waals surface area contributed by atoms with Crippen LogP contribution in [0.1, 0.15) is 17.7 Å². The molecule has 0 fully saturated rings. The van der Waals surface area contributed by atoms with Gasteiger partial charge in [0.2, 0.25) is 10.0 Å². The van der Waals surface area contributed by atoms with Crippen LogP contribution in [0, 0.1) is 0 Å². The van der Waals surface area contributed by atoms with Crippen LogP contribution in [0.4, 0.5) is 0 Å². The standard InChI is InChI=1S/C18H18ClNO3S/c19-17-9-3-1-7-15(17)13-24(21,22)20-11-5-8-16-12-14-6-2-4-10-18(14)23-16/h1-4,6-7,9-10,12,20H,5,8,11,13H2. The summed E-state index contributed by atoms with van der Waals surface area (Å²) in [6, 6.07) is 16.8. The molecular weight excluding hydrogens is 346 g/mol. The summed E-state index contributed by atoms with van der Waals surface area (Å²) in [5.74, 6) is 0.749. The number of fused-ring (bicyclic) bond motifs is 1. The van der Waals surface area contributed by atoms with E-state index in [0.717, 1.165) is 16.7 Å². The minimum absolute atomic E-state index is 0.114. The molecule has 0 saturated carbocycles. The van der Waals surface area contributed by atoms with Gasteiger partial charge < -0.3 is 4.42 Å². The average molecular weight is 364 g/mol. The Bertz CT molecular complexity index is 901. The van der Waals surface area contributed by atoms with Gasteiger partial charge in [0.05, 0.1) is 5.75 Å². The minimum Gasteiger partial charge on any atom is -0.461 e. The smallest absolute Gasteiger partial charge is 0.215 e. The summed E-state index contributed by atoms with van der Waals surface area (Å²) in [5.41, 5.74) is 1.45. The quantitative estimate of drug-likeness (QED) is 0.642. The number of halogens is 1. The van der Waals surface area contributed by atoms with Crippen LogP contribution < -0.4 is 4.72 Å². The first-order valence-electron chi connectivity index (χ1n) is 7.72. The van der Waals surface area contributed by atoms with Crippen molar-refractivity contribution in [2.24, 2.45) is 0 Å². The molecule has 0 bridgehead atoms. The Labute approximate surface area is 146 Å². The molecule has 0 unspecified atom stereocenters. The second-order valence-electron chi connectivity index (χ2n) is 5.60. The Balaban J connectivity index is 1.51. The van der Waals surface area contributed by atoms with Crippen LogP contribution in [0.3, 0.4) is 0 Å². The third kappa shape index (κ3) is 4.38. The van der Waals surface area contributed by atoms with Crippen molar-refractivity contribution in [3.05, 3.63) is 70.9 Å². The normalized spacial score (nSPS) is 11.9. The highest BCUT2D eigenvalue weighted by Crippen LogP contribution is 2.20. The number of nitrogens with one attached hydrogen (secondary N) is 1. The number of furan rings is 1. The number of aryl methyl sites for hydroxylation is 1. The number of para-hydroxylation sites is 1. The SMILES string of the molecule is O=S(=O)(Cc1ccccc1Cl)NCCCc1cc2ccccc2o1. The van der Waals surface area contributed by atoms with E-state index in [4.69, 9.17) is 16.0 Å². The summed E-state index contributed by atoms with van der Waals surface area (Å²) in [6.45, 7) is 0.365. The van der Waals surface area contributed by atoms with E-state index in [2.05, 4.69) is 4.72 Å². The molecule has 6 heteroatoms. The molecule has 0 amide bonds. The van der Waals surface area contributed by atoms with Gasteiger partial charge >= 0.3 is 0 Å². The second-order valence-corrected chi connectivity index (χ2v) is 7.81. The molecule has 0 radical (unpaired) electrons. The lowest BCUT2D eigenvalue weighted by atomic mass is 10.2. The molecule has 0 aliphatic heterocycles. The molecule has 0 aliphatic rings. The molecule has 0 aliphatic carbocycles. The first-order chi connectivity index (χ1) is 11.5.